The average molecular weight is 259 g/mol. The molecule has 0 aliphatic rings. The number of fused-ring (bicyclic) bond motifs is 1. The lowest BCUT2D eigenvalue weighted by atomic mass is 10.2. The molecule has 0 saturated heterocycles. The number of imidazole rings is 1. The van der Waals surface area contributed by atoms with E-state index in [1.54, 1.807) is 23.9 Å². The molecule has 18 heavy (non-hydrogen) atoms. The van der Waals surface area contributed by atoms with Gasteiger partial charge in [-0.05, 0) is 19.1 Å². The van der Waals surface area contributed by atoms with Crippen LogP contribution in [0.4, 0.5) is 11.4 Å². The predicted octanol–water partition coefficient (Wildman–Crippen LogP) is 2.52. The monoisotopic (exact) mass is 259 g/mol. The van der Waals surface area contributed by atoms with Gasteiger partial charge in [-0.2, -0.15) is 0 Å². The van der Waals surface area contributed by atoms with Gasteiger partial charge in [0.1, 0.15) is 0 Å². The van der Waals surface area contributed by atoms with Crippen LogP contribution in [0.5, 0.6) is 0 Å². The van der Waals surface area contributed by atoms with Crippen molar-refractivity contribution in [2.75, 3.05) is 11.1 Å². The number of nitrogens with two attached hydrogens (primary N) is 1. The summed E-state index contributed by atoms with van der Waals surface area (Å²) in [5.74, 6) is 0. The standard InChI is InChI=1S/C12H13N5S/c1-7-17-11-3-10(9(13)2-12(11)18-7)15-5-8-4-14-6-16-8/h2-4,6,15H,5,13H2,1H3,(H,14,16). The summed E-state index contributed by atoms with van der Waals surface area (Å²) in [6.07, 6.45) is 3.45. The Morgan fingerprint density at radius 1 is 1.44 bits per heavy atom. The molecule has 5 nitrogen and oxygen atoms in total. The molecule has 0 aliphatic heterocycles. The number of H-pyrrole nitrogens is 1. The van der Waals surface area contributed by atoms with Crippen LogP contribution in [0.25, 0.3) is 10.2 Å². The number of hydrogen-bond acceptors (Lipinski definition) is 5. The zero-order valence-electron chi connectivity index (χ0n) is 9.90. The minimum atomic E-state index is 0.666. The summed E-state index contributed by atoms with van der Waals surface area (Å²) >= 11 is 1.66. The van der Waals surface area contributed by atoms with E-state index >= 15 is 0 Å². The van der Waals surface area contributed by atoms with Crippen molar-refractivity contribution in [2.45, 2.75) is 13.5 Å². The van der Waals surface area contributed by atoms with Gasteiger partial charge in [0.25, 0.3) is 0 Å². The van der Waals surface area contributed by atoms with Gasteiger partial charge in [0.15, 0.2) is 0 Å². The van der Waals surface area contributed by atoms with Gasteiger partial charge < -0.3 is 16.0 Å². The number of aromatic amines is 1. The maximum absolute atomic E-state index is 6.03. The molecule has 4 N–H and O–H groups in total. The summed E-state index contributed by atoms with van der Waals surface area (Å²) in [5, 5.41) is 4.34. The maximum Gasteiger partial charge on any atom is 0.0922 e. The number of hydrogen-bond donors (Lipinski definition) is 3. The molecular formula is C12H13N5S. The predicted molar refractivity (Wildman–Crippen MR) is 74.7 cm³/mol. The zero-order valence-corrected chi connectivity index (χ0v) is 10.7. The quantitative estimate of drug-likeness (QED) is 0.631. The van der Waals surface area contributed by atoms with Crippen LogP contribution in [0.15, 0.2) is 24.7 Å². The molecule has 2 aromatic heterocycles. The molecular weight excluding hydrogens is 246 g/mol. The van der Waals surface area contributed by atoms with Crippen molar-refractivity contribution >= 4 is 32.9 Å². The van der Waals surface area contributed by atoms with Crippen molar-refractivity contribution in [2.24, 2.45) is 0 Å². The second-order valence-corrected chi connectivity index (χ2v) is 5.31. The zero-order chi connectivity index (χ0) is 12.5. The maximum atomic E-state index is 6.03. The molecule has 3 aromatic rings. The largest absolute Gasteiger partial charge is 0.397 e. The number of nitrogens with zero attached hydrogens (tertiary/aromatic N) is 2. The highest BCUT2D eigenvalue weighted by Gasteiger charge is 2.06. The van der Waals surface area contributed by atoms with Gasteiger partial charge in [0.2, 0.25) is 0 Å². The lowest BCUT2D eigenvalue weighted by molar-refractivity contribution is 1.08. The van der Waals surface area contributed by atoms with Gasteiger partial charge in [-0.25, -0.2) is 9.97 Å². The van der Waals surface area contributed by atoms with Crippen LogP contribution in [0.3, 0.4) is 0 Å². The third kappa shape index (κ3) is 2.02. The molecule has 3 rings (SSSR count). The van der Waals surface area contributed by atoms with Gasteiger partial charge in [-0.3, -0.25) is 0 Å². The van der Waals surface area contributed by atoms with E-state index in [0.29, 0.717) is 6.54 Å². The van der Waals surface area contributed by atoms with Crippen molar-refractivity contribution < 1.29 is 0 Å². The smallest absolute Gasteiger partial charge is 0.0922 e. The van der Waals surface area contributed by atoms with Gasteiger partial charge in [-0.15, -0.1) is 11.3 Å². The van der Waals surface area contributed by atoms with Crippen molar-refractivity contribution in [1.29, 1.82) is 0 Å². The summed E-state index contributed by atoms with van der Waals surface area (Å²) in [5.41, 5.74) is 9.67. The number of aryl methyl sites for hydroxylation is 1. The second kappa shape index (κ2) is 4.30. The van der Waals surface area contributed by atoms with Crippen molar-refractivity contribution in [1.82, 2.24) is 15.0 Å². The van der Waals surface area contributed by atoms with Gasteiger partial charge >= 0.3 is 0 Å². The van der Waals surface area contributed by atoms with E-state index in [4.69, 9.17) is 5.73 Å². The van der Waals surface area contributed by atoms with E-state index in [-0.39, 0.29) is 0 Å². The van der Waals surface area contributed by atoms with Crippen LogP contribution >= 0.6 is 11.3 Å². The Kier molecular flexibility index (Phi) is 2.64. The highest BCUT2D eigenvalue weighted by Crippen LogP contribution is 2.29. The summed E-state index contributed by atoms with van der Waals surface area (Å²) in [6.45, 7) is 2.66. The van der Waals surface area contributed by atoms with Crippen LogP contribution in [0, 0.1) is 6.92 Å². The van der Waals surface area contributed by atoms with Crippen molar-refractivity contribution in [3.05, 3.63) is 35.4 Å². The number of aromatic nitrogens is 3. The van der Waals surface area contributed by atoms with Gasteiger partial charge in [0, 0.05) is 6.20 Å². The third-order valence-corrected chi connectivity index (χ3v) is 3.62. The summed E-state index contributed by atoms with van der Waals surface area (Å²) < 4.78 is 1.12. The molecule has 92 valence electrons. The van der Waals surface area contributed by atoms with E-state index in [2.05, 4.69) is 20.3 Å². The highest BCUT2D eigenvalue weighted by atomic mass is 32.1. The Bertz CT molecular complexity index is 671. The number of thiazole rings is 1. The second-order valence-electron chi connectivity index (χ2n) is 4.07. The fourth-order valence-corrected chi connectivity index (χ4v) is 2.69. The van der Waals surface area contributed by atoms with E-state index < -0.39 is 0 Å². The van der Waals surface area contributed by atoms with Crippen LogP contribution in [0.2, 0.25) is 0 Å². The van der Waals surface area contributed by atoms with Gasteiger partial charge in [-0.1, -0.05) is 0 Å². The van der Waals surface area contributed by atoms with Gasteiger partial charge in [0.05, 0.1) is 45.2 Å². The lowest BCUT2D eigenvalue weighted by Gasteiger charge is -2.08. The normalized spacial score (nSPS) is 10.9. The Morgan fingerprint density at radius 2 is 2.33 bits per heavy atom. The molecule has 0 spiro atoms. The first-order valence-corrected chi connectivity index (χ1v) is 6.42. The molecule has 0 atom stereocenters. The lowest BCUT2D eigenvalue weighted by Crippen LogP contribution is -2.02. The number of nitrogen functional groups attached to an aromatic ring is 1. The van der Waals surface area contributed by atoms with E-state index in [1.807, 2.05) is 19.1 Å². The first-order valence-electron chi connectivity index (χ1n) is 5.60. The van der Waals surface area contributed by atoms with E-state index in [0.717, 1.165) is 32.3 Å². The van der Waals surface area contributed by atoms with E-state index in [1.165, 1.54) is 0 Å². The number of rotatable bonds is 3. The molecule has 2 heterocycles. The summed E-state index contributed by atoms with van der Waals surface area (Å²) in [4.78, 5) is 11.5. The first-order chi connectivity index (χ1) is 8.72. The topological polar surface area (TPSA) is 79.6 Å². The summed E-state index contributed by atoms with van der Waals surface area (Å²) in [7, 11) is 0. The molecule has 0 aliphatic carbocycles. The average Bonchev–Trinajstić information content (AvgIpc) is 2.94. The molecule has 0 bridgehead atoms. The first kappa shape index (κ1) is 11.0. The van der Waals surface area contributed by atoms with Crippen molar-refractivity contribution in [3.8, 4) is 0 Å². The number of anilines is 2. The third-order valence-electron chi connectivity index (χ3n) is 2.69. The SMILES string of the molecule is Cc1nc2cc(NCc3cnc[nH]3)c(N)cc2s1. The molecule has 0 amide bonds. The Balaban J connectivity index is 1.88. The fraction of sp³-hybridized carbons (Fsp3) is 0.167. The molecule has 0 unspecified atom stereocenters. The molecule has 0 saturated carbocycles. The molecule has 6 heteroatoms. The van der Waals surface area contributed by atoms with E-state index in [9.17, 15) is 0 Å². The minimum Gasteiger partial charge on any atom is -0.397 e. The highest BCUT2D eigenvalue weighted by molar-refractivity contribution is 7.18. The fourth-order valence-electron chi connectivity index (χ4n) is 1.83. The minimum absolute atomic E-state index is 0.666. The van der Waals surface area contributed by atoms with Crippen LogP contribution in [0.1, 0.15) is 10.7 Å². The molecule has 1 aromatic carbocycles. The van der Waals surface area contributed by atoms with Crippen LogP contribution in [-0.2, 0) is 6.54 Å². The Morgan fingerprint density at radius 3 is 3.11 bits per heavy atom. The Labute approximate surface area is 108 Å². The Hall–Kier alpha value is -2.08. The van der Waals surface area contributed by atoms with Crippen LogP contribution < -0.4 is 11.1 Å². The van der Waals surface area contributed by atoms with Crippen molar-refractivity contribution in [3.63, 3.8) is 0 Å². The molecule has 0 radical (unpaired) electrons. The number of benzene rings is 1. The van der Waals surface area contributed by atoms with Crippen LogP contribution in [-0.4, -0.2) is 15.0 Å². The number of nitrogens with one attached hydrogen (secondary N) is 2. The summed E-state index contributed by atoms with van der Waals surface area (Å²) in [6, 6.07) is 3.96. The molecule has 0 fully saturated rings.